The number of nitrogens with two attached hydrogens (primary N) is 1. The minimum atomic E-state index is 0.433. The van der Waals surface area contributed by atoms with Crippen molar-refractivity contribution in [3.63, 3.8) is 0 Å². The summed E-state index contributed by atoms with van der Waals surface area (Å²) in [4.78, 5) is 1.13. The first-order chi connectivity index (χ1) is 7.66. The molecule has 1 aromatic heterocycles. The first kappa shape index (κ1) is 11.6. The van der Waals surface area contributed by atoms with E-state index in [0.717, 1.165) is 4.88 Å². The van der Waals surface area contributed by atoms with Crippen molar-refractivity contribution in [1.82, 2.24) is 0 Å². The third kappa shape index (κ3) is 2.61. The Bertz CT molecular complexity index is 485. The second-order valence-corrected chi connectivity index (χ2v) is 5.02. The number of rotatable bonds is 3. The minimum absolute atomic E-state index is 0.433. The molecule has 0 saturated carbocycles. The molecule has 0 radical (unpaired) electrons. The van der Waals surface area contributed by atoms with Crippen molar-refractivity contribution in [1.29, 1.82) is 0 Å². The fraction of sp³-hybridized carbons (Fsp3) is 0.0909. The molecule has 0 aliphatic carbocycles. The molecule has 5 heteroatoms. The average molecular weight is 274 g/mol. The normalized spacial score (nSPS) is 10.4. The van der Waals surface area contributed by atoms with Gasteiger partial charge in [0.05, 0.1) is 15.7 Å². The van der Waals surface area contributed by atoms with Gasteiger partial charge in [-0.1, -0.05) is 29.3 Å². The molecule has 0 aliphatic heterocycles. The van der Waals surface area contributed by atoms with E-state index in [1.807, 2.05) is 17.5 Å². The lowest BCUT2D eigenvalue weighted by molar-refractivity contribution is 0.311. The van der Waals surface area contributed by atoms with Crippen molar-refractivity contribution >= 4 is 40.2 Å². The number of hydrogen-bond acceptors (Lipinski definition) is 3. The van der Waals surface area contributed by atoms with Crippen LogP contribution in [0.3, 0.4) is 0 Å². The molecule has 1 aromatic carbocycles. The van der Waals surface area contributed by atoms with E-state index in [1.165, 1.54) is 0 Å². The maximum Gasteiger partial charge on any atom is 0.144 e. The molecule has 0 atom stereocenters. The maximum atomic E-state index is 5.88. The number of thiophene rings is 1. The second kappa shape index (κ2) is 4.95. The Balaban J connectivity index is 2.12. The molecule has 2 rings (SSSR count). The summed E-state index contributed by atoms with van der Waals surface area (Å²) in [6.45, 7) is 0.486. The first-order valence-corrected chi connectivity index (χ1v) is 6.20. The lowest BCUT2D eigenvalue weighted by atomic mass is 10.3. The lowest BCUT2D eigenvalue weighted by Gasteiger charge is -2.09. The van der Waals surface area contributed by atoms with Crippen LogP contribution in [0.4, 0.5) is 5.69 Å². The van der Waals surface area contributed by atoms with Crippen molar-refractivity contribution in [2.45, 2.75) is 6.61 Å². The first-order valence-electron chi connectivity index (χ1n) is 4.56. The number of benzene rings is 1. The zero-order chi connectivity index (χ0) is 11.5. The van der Waals surface area contributed by atoms with Crippen molar-refractivity contribution in [3.8, 4) is 5.75 Å². The van der Waals surface area contributed by atoms with Gasteiger partial charge in [-0.05, 0) is 17.5 Å². The largest absolute Gasteiger partial charge is 0.486 e. The van der Waals surface area contributed by atoms with Crippen LogP contribution in [-0.4, -0.2) is 0 Å². The molecule has 16 heavy (non-hydrogen) atoms. The van der Waals surface area contributed by atoms with Crippen molar-refractivity contribution < 1.29 is 4.74 Å². The number of anilines is 1. The van der Waals surface area contributed by atoms with Crippen LogP contribution in [0, 0.1) is 0 Å². The molecular formula is C11H9Cl2NOS. The fourth-order valence-corrected chi connectivity index (χ4v) is 2.15. The topological polar surface area (TPSA) is 35.2 Å². The van der Waals surface area contributed by atoms with E-state index in [0.29, 0.717) is 28.1 Å². The number of ether oxygens (including phenoxy) is 1. The highest BCUT2D eigenvalue weighted by Crippen LogP contribution is 2.32. The van der Waals surface area contributed by atoms with E-state index in [4.69, 9.17) is 33.7 Å². The summed E-state index contributed by atoms with van der Waals surface area (Å²) in [7, 11) is 0. The van der Waals surface area contributed by atoms with Crippen LogP contribution in [-0.2, 0) is 6.61 Å². The van der Waals surface area contributed by atoms with Gasteiger partial charge in [-0.25, -0.2) is 0 Å². The summed E-state index contributed by atoms with van der Waals surface area (Å²) < 4.78 is 5.56. The van der Waals surface area contributed by atoms with Crippen molar-refractivity contribution in [2.24, 2.45) is 0 Å². The summed E-state index contributed by atoms with van der Waals surface area (Å²) in [5, 5.41) is 2.87. The number of nitrogen functional groups attached to an aromatic ring is 1. The van der Waals surface area contributed by atoms with Crippen LogP contribution < -0.4 is 10.5 Å². The molecule has 2 N–H and O–H groups in total. The zero-order valence-corrected chi connectivity index (χ0v) is 10.6. The Morgan fingerprint density at radius 1 is 1.25 bits per heavy atom. The van der Waals surface area contributed by atoms with E-state index in [2.05, 4.69) is 0 Å². The molecule has 2 nitrogen and oxygen atoms in total. The highest BCUT2D eigenvalue weighted by molar-refractivity contribution is 7.09. The highest BCUT2D eigenvalue weighted by Gasteiger charge is 2.06. The standard InChI is InChI=1S/C11H9Cl2NOS/c12-8-4-10(14)11(5-9(8)13)15-6-7-2-1-3-16-7/h1-5H,6,14H2. The molecule has 0 unspecified atom stereocenters. The van der Waals surface area contributed by atoms with Gasteiger partial charge in [-0.15, -0.1) is 11.3 Å². The van der Waals surface area contributed by atoms with E-state index in [-0.39, 0.29) is 0 Å². The Morgan fingerprint density at radius 2 is 2.00 bits per heavy atom. The summed E-state index contributed by atoms with van der Waals surface area (Å²) >= 11 is 13.3. The van der Waals surface area contributed by atoms with Crippen LogP contribution in [0.15, 0.2) is 29.6 Å². The van der Waals surface area contributed by atoms with Gasteiger partial charge in [0.1, 0.15) is 12.4 Å². The van der Waals surface area contributed by atoms with Crippen LogP contribution in [0.1, 0.15) is 4.88 Å². The molecular weight excluding hydrogens is 265 g/mol. The molecule has 84 valence electrons. The Morgan fingerprint density at radius 3 is 2.69 bits per heavy atom. The van der Waals surface area contributed by atoms with Crippen molar-refractivity contribution in [3.05, 3.63) is 44.6 Å². The molecule has 2 aromatic rings. The summed E-state index contributed by atoms with van der Waals surface area (Å²) in [6.07, 6.45) is 0. The van der Waals surface area contributed by atoms with E-state index in [1.54, 1.807) is 23.5 Å². The molecule has 0 bridgehead atoms. The molecule has 0 amide bonds. The average Bonchev–Trinajstić information content (AvgIpc) is 2.74. The van der Waals surface area contributed by atoms with Gasteiger partial charge < -0.3 is 10.5 Å². The molecule has 0 saturated heterocycles. The quantitative estimate of drug-likeness (QED) is 0.850. The highest BCUT2D eigenvalue weighted by atomic mass is 35.5. The van der Waals surface area contributed by atoms with Gasteiger partial charge in [0.2, 0.25) is 0 Å². The third-order valence-electron chi connectivity index (χ3n) is 2.00. The van der Waals surface area contributed by atoms with Crippen LogP contribution in [0.5, 0.6) is 5.75 Å². The van der Waals surface area contributed by atoms with Gasteiger partial charge in [0.25, 0.3) is 0 Å². The smallest absolute Gasteiger partial charge is 0.144 e. The van der Waals surface area contributed by atoms with Gasteiger partial charge in [-0.3, -0.25) is 0 Å². The van der Waals surface area contributed by atoms with E-state index < -0.39 is 0 Å². The Labute approximate surface area is 108 Å². The van der Waals surface area contributed by atoms with E-state index >= 15 is 0 Å². The minimum Gasteiger partial charge on any atom is -0.486 e. The van der Waals surface area contributed by atoms with Gasteiger partial charge in [-0.2, -0.15) is 0 Å². The van der Waals surface area contributed by atoms with Crippen LogP contribution >= 0.6 is 34.5 Å². The fourth-order valence-electron chi connectivity index (χ4n) is 1.21. The molecule has 0 aliphatic rings. The predicted octanol–water partition coefficient (Wildman–Crippen LogP) is 4.22. The summed E-state index contributed by atoms with van der Waals surface area (Å²) in [5.74, 6) is 0.558. The van der Waals surface area contributed by atoms with Crippen LogP contribution in [0.25, 0.3) is 0 Å². The Kier molecular flexibility index (Phi) is 3.59. The van der Waals surface area contributed by atoms with Crippen LogP contribution in [0.2, 0.25) is 10.0 Å². The maximum absolute atomic E-state index is 5.88. The third-order valence-corrected chi connectivity index (χ3v) is 3.57. The van der Waals surface area contributed by atoms with Gasteiger partial charge in [0, 0.05) is 10.9 Å². The van der Waals surface area contributed by atoms with E-state index in [9.17, 15) is 0 Å². The molecule has 0 fully saturated rings. The Hall–Kier alpha value is -0.900. The number of hydrogen-bond donors (Lipinski definition) is 1. The lowest BCUT2D eigenvalue weighted by Crippen LogP contribution is -1.97. The monoisotopic (exact) mass is 273 g/mol. The summed E-state index contributed by atoms with van der Waals surface area (Å²) in [6, 6.07) is 7.19. The van der Waals surface area contributed by atoms with Gasteiger partial charge in [0.15, 0.2) is 0 Å². The van der Waals surface area contributed by atoms with Crippen molar-refractivity contribution in [2.75, 3.05) is 5.73 Å². The zero-order valence-electron chi connectivity index (χ0n) is 8.24. The second-order valence-electron chi connectivity index (χ2n) is 3.17. The number of halogens is 2. The van der Waals surface area contributed by atoms with Gasteiger partial charge >= 0.3 is 0 Å². The molecule has 1 heterocycles. The predicted molar refractivity (Wildman–Crippen MR) is 69.5 cm³/mol. The SMILES string of the molecule is Nc1cc(Cl)c(Cl)cc1OCc1cccs1. The summed E-state index contributed by atoms with van der Waals surface area (Å²) in [5.41, 5.74) is 6.26. The molecule has 0 spiro atoms.